The molecule has 0 amide bonds. The van der Waals surface area contributed by atoms with Crippen molar-refractivity contribution in [2.24, 2.45) is 0 Å². The molecule has 0 atom stereocenters. The van der Waals surface area contributed by atoms with Gasteiger partial charge < -0.3 is 4.74 Å². The van der Waals surface area contributed by atoms with Crippen LogP contribution in [-0.2, 0) is 9.84 Å². The molecule has 0 unspecified atom stereocenters. The van der Waals surface area contributed by atoms with Gasteiger partial charge in [-0.3, -0.25) is 0 Å². The minimum absolute atomic E-state index is 0.0417. The Kier molecular flexibility index (Phi) is 4.39. The van der Waals surface area contributed by atoms with E-state index in [0.717, 1.165) is 12.3 Å². The highest BCUT2D eigenvalue weighted by atomic mass is 32.2. The van der Waals surface area contributed by atoms with E-state index in [2.05, 4.69) is 4.74 Å². The Hall–Kier alpha value is -1.94. The molecule has 0 aliphatic carbocycles. The van der Waals surface area contributed by atoms with Gasteiger partial charge in [0.15, 0.2) is 9.84 Å². The van der Waals surface area contributed by atoms with Gasteiger partial charge in [0, 0.05) is 6.26 Å². The largest absolute Gasteiger partial charge is 0.435 e. The molecule has 4 nitrogen and oxygen atoms in total. The third-order valence-corrected chi connectivity index (χ3v) is 2.92. The molecule has 0 N–H and O–H groups in total. The van der Waals surface area contributed by atoms with E-state index in [1.54, 1.807) is 6.07 Å². The van der Waals surface area contributed by atoms with Gasteiger partial charge in [0.2, 0.25) is 0 Å². The first-order valence-electron chi connectivity index (χ1n) is 4.69. The summed E-state index contributed by atoms with van der Waals surface area (Å²) in [6, 6.07) is 6.83. The molecule has 0 spiro atoms. The number of hydrogen-bond acceptors (Lipinski definition) is 4. The van der Waals surface area contributed by atoms with Crippen molar-refractivity contribution in [1.29, 1.82) is 5.26 Å². The zero-order chi connectivity index (χ0) is 13.8. The van der Waals surface area contributed by atoms with Crippen molar-refractivity contribution >= 4 is 15.9 Å². The van der Waals surface area contributed by atoms with E-state index in [-0.39, 0.29) is 5.75 Å². The summed E-state index contributed by atoms with van der Waals surface area (Å²) < 4.78 is 50.2. The Morgan fingerprint density at radius 1 is 1.39 bits per heavy atom. The van der Waals surface area contributed by atoms with Crippen LogP contribution >= 0.6 is 0 Å². The maximum absolute atomic E-state index is 11.9. The minimum Gasteiger partial charge on any atom is -0.435 e. The van der Waals surface area contributed by atoms with Gasteiger partial charge in [-0.15, -0.1) is 0 Å². The predicted molar refractivity (Wildman–Crippen MR) is 61.5 cm³/mol. The fraction of sp³-hybridized carbons (Fsp3) is 0.182. The highest BCUT2D eigenvalue weighted by molar-refractivity contribution is 7.95. The van der Waals surface area contributed by atoms with Crippen LogP contribution in [0.5, 0.6) is 5.75 Å². The molecule has 7 heteroatoms. The number of nitriles is 1. The first-order chi connectivity index (χ1) is 8.32. The smallest absolute Gasteiger partial charge is 0.387 e. The monoisotopic (exact) mass is 273 g/mol. The van der Waals surface area contributed by atoms with Gasteiger partial charge in [0.25, 0.3) is 0 Å². The number of rotatable bonds is 4. The highest BCUT2D eigenvalue weighted by Gasteiger charge is 2.10. The van der Waals surface area contributed by atoms with Gasteiger partial charge in [-0.2, -0.15) is 14.0 Å². The van der Waals surface area contributed by atoms with Crippen molar-refractivity contribution in [1.82, 2.24) is 0 Å². The minimum atomic E-state index is -3.59. The number of benzene rings is 1. The molecule has 0 aliphatic heterocycles. The van der Waals surface area contributed by atoms with Crippen LogP contribution in [0.3, 0.4) is 0 Å². The zero-order valence-electron chi connectivity index (χ0n) is 9.30. The average Bonchev–Trinajstić information content (AvgIpc) is 2.25. The average molecular weight is 273 g/mol. The van der Waals surface area contributed by atoms with Crippen molar-refractivity contribution in [2.75, 3.05) is 6.26 Å². The van der Waals surface area contributed by atoms with Gasteiger partial charge in [0.05, 0.1) is 0 Å². The molecule has 0 saturated carbocycles. The highest BCUT2D eigenvalue weighted by Crippen LogP contribution is 2.17. The summed E-state index contributed by atoms with van der Waals surface area (Å²) in [6.07, 6.45) is 2.07. The molecule has 1 rings (SSSR count). The van der Waals surface area contributed by atoms with E-state index >= 15 is 0 Å². The molecular weight excluding hydrogens is 264 g/mol. The molecule has 0 aromatic heterocycles. The van der Waals surface area contributed by atoms with Crippen LogP contribution in [0.1, 0.15) is 5.56 Å². The van der Waals surface area contributed by atoms with Crippen LogP contribution in [0, 0.1) is 11.3 Å². The number of alkyl halides is 2. The van der Waals surface area contributed by atoms with E-state index in [1.807, 2.05) is 0 Å². The second-order valence-electron chi connectivity index (χ2n) is 3.34. The van der Waals surface area contributed by atoms with E-state index in [9.17, 15) is 17.2 Å². The number of allylic oxidation sites excluding steroid dienone is 1. The SMILES string of the molecule is CS(=O)(=O)/C(C#N)=C/c1ccc(OC(F)F)cc1. The summed E-state index contributed by atoms with van der Waals surface area (Å²) in [5.41, 5.74) is 0.401. The molecular formula is C11H9F2NO3S. The third-order valence-electron chi connectivity index (χ3n) is 1.91. The van der Waals surface area contributed by atoms with E-state index < -0.39 is 21.4 Å². The normalized spacial score (nSPS) is 12.3. The Bertz CT molecular complexity index is 586. The fourth-order valence-corrected chi connectivity index (χ4v) is 1.64. The van der Waals surface area contributed by atoms with Crippen LogP contribution < -0.4 is 4.74 Å². The Labute approximate surface area is 103 Å². The summed E-state index contributed by atoms with van der Waals surface area (Å²) in [7, 11) is -3.59. The van der Waals surface area contributed by atoms with Crippen molar-refractivity contribution in [3.63, 3.8) is 0 Å². The molecule has 96 valence electrons. The Balaban J connectivity index is 3.00. The van der Waals surface area contributed by atoms with Crippen LogP contribution in [0.2, 0.25) is 0 Å². The van der Waals surface area contributed by atoms with Crippen molar-refractivity contribution < 1.29 is 21.9 Å². The summed E-state index contributed by atoms with van der Waals surface area (Å²) in [6.45, 7) is -2.92. The van der Waals surface area contributed by atoms with E-state index in [4.69, 9.17) is 5.26 Å². The number of sulfone groups is 1. The maximum atomic E-state index is 11.9. The Morgan fingerprint density at radius 2 is 1.94 bits per heavy atom. The van der Waals surface area contributed by atoms with Crippen molar-refractivity contribution in [3.8, 4) is 11.8 Å². The standard InChI is InChI=1S/C11H9F2NO3S/c1-18(15,16)10(7-14)6-8-2-4-9(5-3-8)17-11(12)13/h2-6,11H,1H3/b10-6+. The second-order valence-corrected chi connectivity index (χ2v) is 5.32. The topological polar surface area (TPSA) is 67.2 Å². The predicted octanol–water partition coefficient (Wildman–Crippen LogP) is 2.20. The van der Waals surface area contributed by atoms with Crippen LogP contribution in [-0.4, -0.2) is 21.3 Å². The zero-order valence-corrected chi connectivity index (χ0v) is 10.1. The molecule has 0 bridgehead atoms. The summed E-state index contributed by atoms with van der Waals surface area (Å²) >= 11 is 0. The van der Waals surface area contributed by atoms with Crippen LogP contribution in [0.15, 0.2) is 29.2 Å². The molecule has 0 aliphatic rings. The molecule has 1 aromatic carbocycles. The first kappa shape index (κ1) is 14.1. The molecule has 0 saturated heterocycles. The lowest BCUT2D eigenvalue weighted by molar-refractivity contribution is -0.0498. The lowest BCUT2D eigenvalue weighted by Gasteiger charge is -2.04. The van der Waals surface area contributed by atoms with Crippen molar-refractivity contribution in [3.05, 3.63) is 34.7 Å². The van der Waals surface area contributed by atoms with Crippen LogP contribution in [0.25, 0.3) is 6.08 Å². The first-order valence-corrected chi connectivity index (χ1v) is 6.59. The molecule has 0 heterocycles. The van der Waals surface area contributed by atoms with Gasteiger partial charge >= 0.3 is 6.61 Å². The molecule has 18 heavy (non-hydrogen) atoms. The lowest BCUT2D eigenvalue weighted by atomic mass is 10.2. The molecule has 0 fully saturated rings. The quantitative estimate of drug-likeness (QED) is 0.789. The summed E-state index contributed by atoms with van der Waals surface area (Å²) in [4.78, 5) is -0.398. The van der Waals surface area contributed by atoms with Gasteiger partial charge in [-0.1, -0.05) is 12.1 Å². The Morgan fingerprint density at radius 3 is 2.33 bits per heavy atom. The summed E-state index contributed by atoms with van der Waals surface area (Å²) in [5.74, 6) is -0.0417. The molecule has 1 aromatic rings. The fourth-order valence-electron chi connectivity index (χ4n) is 1.12. The van der Waals surface area contributed by atoms with Crippen molar-refractivity contribution in [2.45, 2.75) is 6.61 Å². The maximum Gasteiger partial charge on any atom is 0.387 e. The van der Waals surface area contributed by atoms with Gasteiger partial charge in [-0.05, 0) is 23.8 Å². The number of ether oxygens (including phenoxy) is 1. The number of nitrogens with zero attached hydrogens (tertiary/aromatic N) is 1. The van der Waals surface area contributed by atoms with Gasteiger partial charge in [0.1, 0.15) is 16.7 Å². The van der Waals surface area contributed by atoms with Crippen LogP contribution in [0.4, 0.5) is 8.78 Å². The lowest BCUT2D eigenvalue weighted by Crippen LogP contribution is -2.01. The second kappa shape index (κ2) is 5.60. The van der Waals surface area contributed by atoms with E-state index in [1.165, 1.54) is 24.3 Å². The summed E-state index contributed by atoms with van der Waals surface area (Å²) in [5, 5.41) is 8.68. The van der Waals surface area contributed by atoms with E-state index in [0.29, 0.717) is 5.56 Å². The van der Waals surface area contributed by atoms with Gasteiger partial charge in [-0.25, -0.2) is 8.42 Å². The number of hydrogen-bond donors (Lipinski definition) is 0. The third kappa shape index (κ3) is 4.14. The molecule has 0 radical (unpaired) electrons. The number of halogens is 2.